The van der Waals surface area contributed by atoms with Crippen molar-refractivity contribution in [2.75, 3.05) is 0 Å². The molecule has 0 heterocycles. The van der Waals surface area contributed by atoms with E-state index < -0.39 is 5.97 Å². The molecule has 0 spiro atoms. The topological polar surface area (TPSA) is 57.5 Å². The van der Waals surface area contributed by atoms with E-state index in [0.29, 0.717) is 16.5 Å². The maximum Gasteiger partial charge on any atom is 0.303 e. The highest BCUT2D eigenvalue weighted by Crippen LogP contribution is 2.48. The highest BCUT2D eigenvalue weighted by Gasteiger charge is 2.35. The number of aryl methyl sites for hydroxylation is 1. The van der Waals surface area contributed by atoms with E-state index in [9.17, 15) is 9.90 Å². The first-order chi connectivity index (χ1) is 8.00. The number of carboxylic acids is 1. The van der Waals surface area contributed by atoms with E-state index in [1.54, 1.807) is 13.0 Å². The Labute approximate surface area is 105 Å². The minimum Gasteiger partial charge on any atom is -0.506 e. The number of hydrogen-bond donors (Lipinski definition) is 2. The first kappa shape index (κ1) is 12.2. The maximum absolute atomic E-state index is 10.9. The summed E-state index contributed by atoms with van der Waals surface area (Å²) in [6.45, 7) is 1.77. The van der Waals surface area contributed by atoms with Gasteiger partial charge in [-0.05, 0) is 42.7 Å². The SMILES string of the molecule is Cc1ccc(C(CC(=O)O)C2CC2)c(Cl)c1O. The van der Waals surface area contributed by atoms with Crippen LogP contribution in [0.25, 0.3) is 0 Å². The molecule has 0 bridgehead atoms. The zero-order valence-electron chi connectivity index (χ0n) is 9.61. The number of carbonyl (C=O) groups is 1. The number of hydrogen-bond acceptors (Lipinski definition) is 2. The Morgan fingerprint density at radius 1 is 1.53 bits per heavy atom. The summed E-state index contributed by atoms with van der Waals surface area (Å²) in [5.41, 5.74) is 1.48. The van der Waals surface area contributed by atoms with Gasteiger partial charge >= 0.3 is 5.97 Å². The molecule has 1 aliphatic rings. The number of phenols is 1. The largest absolute Gasteiger partial charge is 0.506 e. The number of aromatic hydroxyl groups is 1. The van der Waals surface area contributed by atoms with Gasteiger partial charge in [0.2, 0.25) is 0 Å². The minimum atomic E-state index is -0.821. The molecule has 0 aliphatic heterocycles. The molecule has 2 N–H and O–H groups in total. The van der Waals surface area contributed by atoms with E-state index in [1.165, 1.54) is 0 Å². The summed E-state index contributed by atoms with van der Waals surface area (Å²) in [7, 11) is 0. The van der Waals surface area contributed by atoms with Crippen LogP contribution >= 0.6 is 11.6 Å². The molecule has 0 radical (unpaired) electrons. The van der Waals surface area contributed by atoms with Gasteiger partial charge in [-0.3, -0.25) is 4.79 Å². The molecule has 1 unspecified atom stereocenters. The maximum atomic E-state index is 10.9. The van der Waals surface area contributed by atoms with Gasteiger partial charge in [-0.1, -0.05) is 23.7 Å². The summed E-state index contributed by atoms with van der Waals surface area (Å²) in [5, 5.41) is 19.0. The standard InChI is InChI=1S/C13H15ClO3/c1-7-2-5-9(12(14)13(7)17)10(6-11(15)16)8-3-4-8/h2,5,8,10,17H,3-4,6H2,1H3,(H,15,16). The van der Waals surface area contributed by atoms with Crippen molar-refractivity contribution < 1.29 is 15.0 Å². The smallest absolute Gasteiger partial charge is 0.303 e. The second kappa shape index (κ2) is 4.57. The van der Waals surface area contributed by atoms with E-state index >= 15 is 0 Å². The van der Waals surface area contributed by atoms with Crippen molar-refractivity contribution in [1.29, 1.82) is 0 Å². The quantitative estimate of drug-likeness (QED) is 0.867. The van der Waals surface area contributed by atoms with Gasteiger partial charge in [-0.2, -0.15) is 0 Å². The number of rotatable bonds is 4. The van der Waals surface area contributed by atoms with E-state index in [1.807, 2.05) is 6.07 Å². The molecule has 0 aromatic heterocycles. The van der Waals surface area contributed by atoms with Crippen LogP contribution in [-0.2, 0) is 4.79 Å². The molecular formula is C13H15ClO3. The van der Waals surface area contributed by atoms with Crippen molar-refractivity contribution in [2.45, 2.75) is 32.1 Å². The average Bonchev–Trinajstić information content (AvgIpc) is 3.07. The number of carboxylic acid groups (broad SMARTS) is 1. The molecular weight excluding hydrogens is 240 g/mol. The fourth-order valence-corrected chi connectivity index (χ4v) is 2.53. The first-order valence-electron chi connectivity index (χ1n) is 5.70. The summed E-state index contributed by atoms with van der Waals surface area (Å²) in [5.74, 6) is -0.435. The van der Waals surface area contributed by atoms with Crippen LogP contribution in [0.2, 0.25) is 5.02 Å². The molecule has 1 fully saturated rings. The Morgan fingerprint density at radius 3 is 2.71 bits per heavy atom. The predicted octanol–water partition coefficient (Wildman–Crippen LogP) is 3.32. The minimum absolute atomic E-state index is 0.0696. The van der Waals surface area contributed by atoms with E-state index in [-0.39, 0.29) is 18.1 Å². The molecule has 1 aliphatic carbocycles. The Balaban J connectivity index is 2.35. The summed E-state index contributed by atoms with van der Waals surface area (Å²) in [4.78, 5) is 10.9. The van der Waals surface area contributed by atoms with Crippen molar-refractivity contribution in [3.63, 3.8) is 0 Å². The van der Waals surface area contributed by atoms with Gasteiger partial charge in [0.25, 0.3) is 0 Å². The normalized spacial score (nSPS) is 16.8. The van der Waals surface area contributed by atoms with Crippen molar-refractivity contribution in [2.24, 2.45) is 5.92 Å². The highest BCUT2D eigenvalue weighted by atomic mass is 35.5. The molecule has 92 valence electrons. The van der Waals surface area contributed by atoms with Crippen LogP contribution < -0.4 is 0 Å². The highest BCUT2D eigenvalue weighted by molar-refractivity contribution is 6.33. The van der Waals surface area contributed by atoms with Crippen molar-refractivity contribution in [3.8, 4) is 5.75 Å². The fourth-order valence-electron chi connectivity index (χ4n) is 2.18. The molecule has 3 nitrogen and oxygen atoms in total. The van der Waals surface area contributed by atoms with Crippen molar-refractivity contribution in [3.05, 3.63) is 28.3 Å². The van der Waals surface area contributed by atoms with Gasteiger partial charge < -0.3 is 10.2 Å². The summed E-state index contributed by atoms with van der Waals surface area (Å²) in [6, 6.07) is 3.62. The summed E-state index contributed by atoms with van der Waals surface area (Å²) in [6.07, 6.45) is 2.17. The van der Waals surface area contributed by atoms with Crippen LogP contribution in [0.5, 0.6) is 5.75 Å². The number of aliphatic carboxylic acids is 1. The Hall–Kier alpha value is -1.22. The second-order valence-electron chi connectivity index (χ2n) is 4.68. The van der Waals surface area contributed by atoms with Gasteiger partial charge in [0, 0.05) is 0 Å². The Bertz CT molecular complexity index is 452. The molecule has 2 rings (SSSR count). The van der Waals surface area contributed by atoms with E-state index in [2.05, 4.69) is 0 Å². The molecule has 0 amide bonds. The lowest BCUT2D eigenvalue weighted by atomic mass is 9.90. The van der Waals surface area contributed by atoms with Crippen LogP contribution in [0.15, 0.2) is 12.1 Å². The zero-order chi connectivity index (χ0) is 12.6. The second-order valence-corrected chi connectivity index (χ2v) is 5.05. The molecule has 1 atom stereocenters. The third kappa shape index (κ3) is 2.55. The fraction of sp³-hybridized carbons (Fsp3) is 0.462. The lowest BCUT2D eigenvalue weighted by molar-refractivity contribution is -0.137. The summed E-state index contributed by atoms with van der Waals surface area (Å²) >= 11 is 6.11. The molecule has 0 saturated heterocycles. The van der Waals surface area contributed by atoms with Crippen LogP contribution in [0, 0.1) is 12.8 Å². The lowest BCUT2D eigenvalue weighted by Crippen LogP contribution is -2.09. The summed E-state index contributed by atoms with van der Waals surface area (Å²) < 4.78 is 0. The number of benzene rings is 1. The van der Waals surface area contributed by atoms with Crippen molar-refractivity contribution >= 4 is 17.6 Å². The lowest BCUT2D eigenvalue weighted by Gasteiger charge is -2.17. The molecule has 4 heteroatoms. The van der Waals surface area contributed by atoms with Crippen LogP contribution in [0.1, 0.15) is 36.3 Å². The van der Waals surface area contributed by atoms with Gasteiger partial charge in [0.05, 0.1) is 11.4 Å². The Kier molecular flexibility index (Phi) is 3.29. The third-order valence-corrected chi connectivity index (χ3v) is 3.73. The van der Waals surface area contributed by atoms with Gasteiger partial charge in [-0.25, -0.2) is 0 Å². The van der Waals surface area contributed by atoms with E-state index in [0.717, 1.165) is 18.4 Å². The van der Waals surface area contributed by atoms with Gasteiger partial charge in [0.15, 0.2) is 0 Å². The third-order valence-electron chi connectivity index (χ3n) is 3.33. The zero-order valence-corrected chi connectivity index (χ0v) is 10.4. The number of halogens is 1. The van der Waals surface area contributed by atoms with Crippen molar-refractivity contribution in [1.82, 2.24) is 0 Å². The average molecular weight is 255 g/mol. The molecule has 1 saturated carbocycles. The van der Waals surface area contributed by atoms with Gasteiger partial charge in [0.1, 0.15) is 5.75 Å². The first-order valence-corrected chi connectivity index (χ1v) is 6.08. The molecule has 17 heavy (non-hydrogen) atoms. The van der Waals surface area contributed by atoms with Crippen LogP contribution in [-0.4, -0.2) is 16.2 Å². The van der Waals surface area contributed by atoms with Gasteiger partial charge in [-0.15, -0.1) is 0 Å². The van der Waals surface area contributed by atoms with Crippen LogP contribution in [0.3, 0.4) is 0 Å². The molecule has 1 aromatic rings. The molecule has 1 aromatic carbocycles. The number of phenolic OH excluding ortho intramolecular Hbond substituents is 1. The predicted molar refractivity (Wildman–Crippen MR) is 65.6 cm³/mol. The monoisotopic (exact) mass is 254 g/mol. The Morgan fingerprint density at radius 2 is 2.18 bits per heavy atom. The van der Waals surface area contributed by atoms with Crippen LogP contribution in [0.4, 0.5) is 0 Å². The van der Waals surface area contributed by atoms with E-state index in [4.69, 9.17) is 16.7 Å².